The Morgan fingerprint density at radius 3 is 2.17 bits per heavy atom. The molecule has 1 saturated heterocycles. The van der Waals surface area contributed by atoms with E-state index in [-0.39, 0.29) is 17.8 Å². The Balaban J connectivity index is 1.17. The third-order valence-electron chi connectivity index (χ3n) is 12.6. The van der Waals surface area contributed by atoms with E-state index in [1.807, 2.05) is 0 Å². The molecule has 0 radical (unpaired) electrons. The molecule has 202 valence electrons. The maximum Gasteiger partial charge on any atom is 0.121 e. The fourth-order valence-corrected chi connectivity index (χ4v) is 10.5. The predicted molar refractivity (Wildman–Crippen MR) is 143 cm³/mol. The molecule has 0 aromatic carbocycles. The van der Waals surface area contributed by atoms with Crippen molar-refractivity contribution in [1.82, 2.24) is 0 Å². The maximum atomic E-state index is 11.4. The quantitative estimate of drug-likeness (QED) is 0.232. The highest BCUT2D eigenvalue weighted by atomic mass is 16.6. The molecule has 4 aliphatic carbocycles. The molecule has 35 heavy (non-hydrogen) atoms. The topological polar surface area (TPSA) is 53.0 Å². The summed E-state index contributed by atoms with van der Waals surface area (Å²) in [6.45, 7) is 8.26. The van der Waals surface area contributed by atoms with E-state index in [0.29, 0.717) is 16.7 Å². The molecular formula is C32H56O3. The summed E-state index contributed by atoms with van der Waals surface area (Å²) >= 11 is 0. The van der Waals surface area contributed by atoms with E-state index in [1.165, 1.54) is 89.9 Å². The molecule has 0 aromatic rings. The molecule has 1 aliphatic heterocycles. The summed E-state index contributed by atoms with van der Waals surface area (Å²) in [6.07, 6.45) is 22.5. The molecule has 5 aliphatic rings. The number of epoxide rings is 1. The minimum Gasteiger partial charge on any atom is -0.393 e. The van der Waals surface area contributed by atoms with Crippen LogP contribution in [-0.2, 0) is 4.74 Å². The molecule has 0 aromatic heterocycles. The van der Waals surface area contributed by atoms with E-state index in [9.17, 15) is 10.2 Å². The Morgan fingerprint density at radius 2 is 1.46 bits per heavy atom. The zero-order valence-corrected chi connectivity index (χ0v) is 23.3. The molecular weight excluding hydrogens is 432 g/mol. The number of rotatable bonds is 11. The Labute approximate surface area is 216 Å². The Kier molecular flexibility index (Phi) is 7.99. The van der Waals surface area contributed by atoms with Crippen LogP contribution in [-0.4, -0.2) is 34.6 Å². The van der Waals surface area contributed by atoms with Crippen molar-refractivity contribution in [2.24, 2.45) is 40.4 Å². The number of aliphatic hydroxyl groups is 2. The number of unbranched alkanes of at least 4 members (excludes halogenated alkanes) is 7. The van der Waals surface area contributed by atoms with Crippen LogP contribution >= 0.6 is 0 Å². The molecule has 2 N–H and O–H groups in total. The number of hydrogen-bond acceptors (Lipinski definition) is 3. The lowest BCUT2D eigenvalue weighted by atomic mass is 9.44. The molecule has 1 heterocycles. The van der Waals surface area contributed by atoms with Crippen LogP contribution in [0.3, 0.4) is 0 Å². The highest BCUT2D eigenvalue weighted by Gasteiger charge is 2.68. The number of hydrogen-bond donors (Lipinski definition) is 2. The van der Waals surface area contributed by atoms with Crippen molar-refractivity contribution in [3.05, 3.63) is 0 Å². The lowest BCUT2D eigenvalue weighted by Crippen LogP contribution is -2.55. The monoisotopic (exact) mass is 488 g/mol. The van der Waals surface area contributed by atoms with Crippen LogP contribution in [0.2, 0.25) is 0 Å². The molecule has 3 heteroatoms. The summed E-state index contributed by atoms with van der Waals surface area (Å²) in [5.74, 6) is 3.80. The fourth-order valence-electron chi connectivity index (χ4n) is 10.5. The van der Waals surface area contributed by atoms with Crippen LogP contribution in [0.1, 0.15) is 136 Å². The van der Waals surface area contributed by atoms with E-state index in [2.05, 4.69) is 20.8 Å². The van der Waals surface area contributed by atoms with Crippen LogP contribution in [0.4, 0.5) is 0 Å². The van der Waals surface area contributed by atoms with E-state index in [1.54, 1.807) is 0 Å². The van der Waals surface area contributed by atoms with Gasteiger partial charge in [-0.1, -0.05) is 72.1 Å². The standard InChI is InChI=1S/C32H56O3/c1-4-5-6-7-8-9-10-11-12-29(34)32(22-35-32)28-16-15-26-25-14-13-23-21-24(33)17-19-30(23,2)27(25)18-20-31(26,28)3/h23-29,33-34H,4-22H2,1-3H3/t23-,24-,25-,26-,27-,28-,29+,30-,31-,32-/m0/s1. The SMILES string of the molecule is CCCCCCCCCC[C@@H](O)[C@@]1([C@H]2CC[C@H]3[C@@H]4CC[C@H]5C[C@@H](O)CC[C@]5(C)[C@H]4CC[C@@]32C)CO1. The summed E-state index contributed by atoms with van der Waals surface area (Å²) in [5, 5.41) is 21.7. The van der Waals surface area contributed by atoms with E-state index < -0.39 is 0 Å². The van der Waals surface area contributed by atoms with Gasteiger partial charge in [-0.05, 0) is 105 Å². The molecule has 5 rings (SSSR count). The highest BCUT2D eigenvalue weighted by molar-refractivity contribution is 5.16. The Morgan fingerprint density at radius 1 is 0.800 bits per heavy atom. The zero-order valence-electron chi connectivity index (χ0n) is 23.3. The predicted octanol–water partition coefficient (Wildman–Crippen LogP) is 7.67. The highest BCUT2D eigenvalue weighted by Crippen LogP contribution is 2.70. The van der Waals surface area contributed by atoms with Crippen molar-refractivity contribution in [2.45, 2.75) is 154 Å². The average molecular weight is 489 g/mol. The molecule has 5 fully saturated rings. The Bertz CT molecular complexity index is 703. The molecule has 10 atom stereocenters. The molecule has 0 unspecified atom stereocenters. The minimum absolute atomic E-state index is 0.0521. The van der Waals surface area contributed by atoms with Gasteiger partial charge in [-0.15, -0.1) is 0 Å². The molecule has 3 nitrogen and oxygen atoms in total. The van der Waals surface area contributed by atoms with Crippen LogP contribution in [0.15, 0.2) is 0 Å². The van der Waals surface area contributed by atoms with Crippen molar-refractivity contribution in [1.29, 1.82) is 0 Å². The van der Waals surface area contributed by atoms with Gasteiger partial charge in [-0.3, -0.25) is 0 Å². The van der Waals surface area contributed by atoms with Gasteiger partial charge in [0.25, 0.3) is 0 Å². The largest absolute Gasteiger partial charge is 0.393 e. The van der Waals surface area contributed by atoms with Crippen molar-refractivity contribution in [2.75, 3.05) is 6.61 Å². The lowest BCUT2D eigenvalue weighted by Gasteiger charge is -2.61. The minimum atomic E-state index is -0.269. The van der Waals surface area contributed by atoms with E-state index >= 15 is 0 Å². The molecule has 0 spiro atoms. The summed E-state index contributed by atoms with van der Waals surface area (Å²) in [4.78, 5) is 0. The Hall–Kier alpha value is -0.120. The molecule has 0 amide bonds. The van der Waals surface area contributed by atoms with Crippen molar-refractivity contribution >= 4 is 0 Å². The summed E-state index contributed by atoms with van der Waals surface area (Å²) in [7, 11) is 0. The number of ether oxygens (including phenoxy) is 1. The third kappa shape index (κ3) is 4.78. The normalized spacial score (nSPS) is 47.6. The van der Waals surface area contributed by atoms with Crippen LogP contribution in [0, 0.1) is 40.4 Å². The lowest BCUT2D eigenvalue weighted by molar-refractivity contribution is -0.134. The first-order valence-corrected chi connectivity index (χ1v) is 15.8. The van der Waals surface area contributed by atoms with E-state index in [0.717, 1.165) is 56.0 Å². The van der Waals surface area contributed by atoms with Gasteiger partial charge in [0.2, 0.25) is 0 Å². The second kappa shape index (κ2) is 10.6. The van der Waals surface area contributed by atoms with Crippen molar-refractivity contribution in [3.8, 4) is 0 Å². The van der Waals surface area contributed by atoms with Crippen LogP contribution in [0.25, 0.3) is 0 Å². The first-order valence-electron chi connectivity index (χ1n) is 15.8. The van der Waals surface area contributed by atoms with Gasteiger partial charge in [0, 0.05) is 0 Å². The molecule has 4 saturated carbocycles. The second-order valence-electron chi connectivity index (χ2n) is 14.3. The third-order valence-corrected chi connectivity index (χ3v) is 12.6. The van der Waals surface area contributed by atoms with Crippen LogP contribution in [0.5, 0.6) is 0 Å². The fraction of sp³-hybridized carbons (Fsp3) is 1.00. The van der Waals surface area contributed by atoms with Gasteiger partial charge >= 0.3 is 0 Å². The van der Waals surface area contributed by atoms with Crippen LogP contribution < -0.4 is 0 Å². The zero-order chi connectivity index (χ0) is 24.7. The smallest absolute Gasteiger partial charge is 0.121 e. The second-order valence-corrected chi connectivity index (χ2v) is 14.3. The average Bonchev–Trinajstić information content (AvgIpc) is 3.56. The van der Waals surface area contributed by atoms with Gasteiger partial charge in [-0.25, -0.2) is 0 Å². The summed E-state index contributed by atoms with van der Waals surface area (Å²) in [5.41, 5.74) is 0.564. The first-order chi connectivity index (χ1) is 16.8. The number of fused-ring (bicyclic) bond motifs is 5. The van der Waals surface area contributed by atoms with Gasteiger partial charge in [0.1, 0.15) is 5.60 Å². The number of aliphatic hydroxyl groups excluding tert-OH is 2. The van der Waals surface area contributed by atoms with E-state index in [4.69, 9.17) is 4.74 Å². The van der Waals surface area contributed by atoms with Gasteiger partial charge in [-0.2, -0.15) is 0 Å². The van der Waals surface area contributed by atoms with Crippen molar-refractivity contribution < 1.29 is 14.9 Å². The molecule has 0 bridgehead atoms. The van der Waals surface area contributed by atoms with Crippen molar-refractivity contribution in [3.63, 3.8) is 0 Å². The van der Waals surface area contributed by atoms with Gasteiger partial charge in [0.15, 0.2) is 0 Å². The van der Waals surface area contributed by atoms with Gasteiger partial charge in [0.05, 0.1) is 18.8 Å². The van der Waals surface area contributed by atoms with Gasteiger partial charge < -0.3 is 14.9 Å². The summed E-state index contributed by atoms with van der Waals surface area (Å²) < 4.78 is 6.25. The maximum absolute atomic E-state index is 11.4. The summed E-state index contributed by atoms with van der Waals surface area (Å²) in [6, 6.07) is 0. The first kappa shape index (κ1) is 26.5.